The molecule has 0 saturated carbocycles. The smallest absolute Gasteiger partial charge is 0.339 e. The topological polar surface area (TPSA) is 89.7 Å². The Morgan fingerprint density at radius 2 is 2.05 bits per heavy atom. The highest BCUT2D eigenvalue weighted by Gasteiger charge is 2.36. The monoisotopic (exact) mass is 302 g/mol. The van der Waals surface area contributed by atoms with Crippen LogP contribution in [-0.4, -0.2) is 41.9 Å². The van der Waals surface area contributed by atoms with Crippen molar-refractivity contribution in [3.63, 3.8) is 0 Å². The molecule has 0 unspecified atom stereocenters. The first-order chi connectivity index (χ1) is 10.6. The number of fused-ring (bicyclic) bond motifs is 1. The minimum Gasteiger partial charge on any atom is -0.448 e. The van der Waals surface area contributed by atoms with Crippen LogP contribution < -0.4 is 5.73 Å². The van der Waals surface area contributed by atoms with Crippen LogP contribution in [0.4, 0.5) is 0 Å². The second-order valence-electron chi connectivity index (χ2n) is 5.78. The summed E-state index contributed by atoms with van der Waals surface area (Å²) in [6.45, 7) is 0.877. The summed E-state index contributed by atoms with van der Waals surface area (Å²) >= 11 is 0. The highest BCUT2D eigenvalue weighted by molar-refractivity contribution is 5.96. The standard InChI is InChI=1S/C16H18N2O4/c17-14(19)11-5-3-7-18(9-11)15(20)13-8-10-4-1-2-6-12(10)16(21)22-13/h1-2,4,6,11,13H,3,5,7-9H2,(H2,17,19)/t11-,13+/m1/s1. The van der Waals surface area contributed by atoms with Crippen LogP contribution in [0, 0.1) is 5.92 Å². The van der Waals surface area contributed by atoms with Gasteiger partial charge >= 0.3 is 5.97 Å². The van der Waals surface area contributed by atoms with Gasteiger partial charge in [0.1, 0.15) is 0 Å². The fourth-order valence-corrected chi connectivity index (χ4v) is 3.08. The molecule has 116 valence electrons. The van der Waals surface area contributed by atoms with Crippen LogP contribution in [0.25, 0.3) is 0 Å². The van der Waals surface area contributed by atoms with Gasteiger partial charge in [-0.15, -0.1) is 0 Å². The van der Waals surface area contributed by atoms with E-state index in [1.165, 1.54) is 0 Å². The summed E-state index contributed by atoms with van der Waals surface area (Å²) in [5.41, 5.74) is 6.67. The number of nitrogens with two attached hydrogens (primary N) is 1. The second-order valence-corrected chi connectivity index (χ2v) is 5.78. The number of carbonyl (C=O) groups excluding carboxylic acids is 3. The third-order valence-corrected chi connectivity index (χ3v) is 4.30. The Hall–Kier alpha value is -2.37. The van der Waals surface area contributed by atoms with E-state index in [0.29, 0.717) is 31.5 Å². The molecular formula is C16H18N2O4. The molecule has 6 nitrogen and oxygen atoms in total. The zero-order valence-electron chi connectivity index (χ0n) is 12.2. The Morgan fingerprint density at radius 3 is 2.82 bits per heavy atom. The number of hydrogen-bond donors (Lipinski definition) is 1. The molecule has 2 N–H and O–H groups in total. The summed E-state index contributed by atoms with van der Waals surface area (Å²) in [5, 5.41) is 0. The van der Waals surface area contributed by atoms with E-state index in [1.54, 1.807) is 17.0 Å². The van der Waals surface area contributed by atoms with E-state index in [1.807, 2.05) is 12.1 Å². The average Bonchev–Trinajstić information content (AvgIpc) is 2.54. The quantitative estimate of drug-likeness (QED) is 0.805. The molecule has 3 rings (SSSR count). The van der Waals surface area contributed by atoms with Crippen molar-refractivity contribution in [3.8, 4) is 0 Å². The lowest BCUT2D eigenvalue weighted by Crippen LogP contribution is -2.50. The van der Waals surface area contributed by atoms with Crippen LogP contribution >= 0.6 is 0 Å². The largest absolute Gasteiger partial charge is 0.448 e. The number of amides is 2. The van der Waals surface area contributed by atoms with Crippen LogP contribution in [0.1, 0.15) is 28.8 Å². The van der Waals surface area contributed by atoms with Crippen molar-refractivity contribution in [1.29, 1.82) is 0 Å². The molecule has 2 heterocycles. The van der Waals surface area contributed by atoms with Gasteiger partial charge in [0.25, 0.3) is 5.91 Å². The molecule has 2 aliphatic heterocycles. The normalized spacial score (nSPS) is 24.4. The van der Waals surface area contributed by atoms with E-state index in [2.05, 4.69) is 0 Å². The molecule has 0 bridgehead atoms. The number of hydrogen-bond acceptors (Lipinski definition) is 4. The lowest BCUT2D eigenvalue weighted by atomic mass is 9.95. The molecule has 1 fully saturated rings. The van der Waals surface area contributed by atoms with Gasteiger partial charge < -0.3 is 15.4 Å². The third-order valence-electron chi connectivity index (χ3n) is 4.30. The van der Waals surface area contributed by atoms with Gasteiger partial charge in [0.05, 0.1) is 11.5 Å². The van der Waals surface area contributed by atoms with Crippen LogP contribution in [0.15, 0.2) is 24.3 Å². The Bertz CT molecular complexity index is 628. The summed E-state index contributed by atoms with van der Waals surface area (Å²) in [6.07, 6.45) is 0.996. The van der Waals surface area contributed by atoms with Crippen LogP contribution in [0.2, 0.25) is 0 Å². The Kier molecular flexibility index (Phi) is 3.83. The van der Waals surface area contributed by atoms with E-state index in [-0.39, 0.29) is 17.7 Å². The minimum absolute atomic E-state index is 0.242. The lowest BCUT2D eigenvalue weighted by Gasteiger charge is -2.34. The molecule has 2 aliphatic rings. The average molecular weight is 302 g/mol. The Morgan fingerprint density at radius 1 is 1.27 bits per heavy atom. The Balaban J connectivity index is 1.74. The van der Waals surface area contributed by atoms with E-state index in [4.69, 9.17) is 10.5 Å². The molecule has 0 radical (unpaired) electrons. The van der Waals surface area contributed by atoms with Gasteiger partial charge in [0.2, 0.25) is 5.91 Å². The number of likely N-dealkylation sites (tertiary alicyclic amines) is 1. The predicted molar refractivity (Wildman–Crippen MR) is 77.8 cm³/mol. The maximum Gasteiger partial charge on any atom is 0.339 e. The summed E-state index contributed by atoms with van der Waals surface area (Å²) in [4.78, 5) is 37.5. The molecule has 1 aromatic carbocycles. The highest BCUT2D eigenvalue weighted by atomic mass is 16.5. The highest BCUT2D eigenvalue weighted by Crippen LogP contribution is 2.24. The number of rotatable bonds is 2. The minimum atomic E-state index is -0.811. The zero-order valence-corrected chi connectivity index (χ0v) is 12.2. The van der Waals surface area contributed by atoms with Crippen molar-refractivity contribution >= 4 is 17.8 Å². The van der Waals surface area contributed by atoms with Crippen molar-refractivity contribution in [2.75, 3.05) is 13.1 Å². The molecule has 2 atom stereocenters. The molecule has 1 aromatic rings. The van der Waals surface area contributed by atoms with Gasteiger partial charge in [0, 0.05) is 19.5 Å². The Labute approximate surface area is 128 Å². The first-order valence-corrected chi connectivity index (χ1v) is 7.43. The van der Waals surface area contributed by atoms with Crippen molar-refractivity contribution in [1.82, 2.24) is 4.90 Å². The van der Waals surface area contributed by atoms with E-state index in [9.17, 15) is 14.4 Å². The number of piperidine rings is 1. The fourth-order valence-electron chi connectivity index (χ4n) is 3.08. The van der Waals surface area contributed by atoms with E-state index >= 15 is 0 Å². The third kappa shape index (κ3) is 2.68. The predicted octanol–water partition coefficient (Wildman–Crippen LogP) is 0.492. The van der Waals surface area contributed by atoms with Gasteiger partial charge in [-0.3, -0.25) is 9.59 Å². The van der Waals surface area contributed by atoms with Gasteiger partial charge in [0.15, 0.2) is 6.10 Å². The number of primary amides is 1. The van der Waals surface area contributed by atoms with Gasteiger partial charge in [-0.2, -0.15) is 0 Å². The first-order valence-electron chi connectivity index (χ1n) is 7.43. The summed E-state index contributed by atoms with van der Waals surface area (Å²) in [6, 6.07) is 7.13. The number of ether oxygens (including phenoxy) is 1. The molecule has 0 aromatic heterocycles. The molecule has 6 heteroatoms. The lowest BCUT2D eigenvalue weighted by molar-refractivity contribution is -0.144. The van der Waals surface area contributed by atoms with Crippen molar-refractivity contribution in [2.45, 2.75) is 25.4 Å². The summed E-state index contributed by atoms with van der Waals surface area (Å²) in [7, 11) is 0. The fraction of sp³-hybridized carbons (Fsp3) is 0.438. The number of cyclic esters (lactones) is 1. The number of nitrogens with zero attached hydrogens (tertiary/aromatic N) is 1. The van der Waals surface area contributed by atoms with E-state index < -0.39 is 12.1 Å². The second kappa shape index (κ2) is 5.79. The van der Waals surface area contributed by atoms with Crippen molar-refractivity contribution in [3.05, 3.63) is 35.4 Å². The number of benzene rings is 1. The summed E-state index contributed by atoms with van der Waals surface area (Å²) < 4.78 is 5.28. The van der Waals surface area contributed by atoms with Gasteiger partial charge in [-0.1, -0.05) is 18.2 Å². The maximum absolute atomic E-state index is 12.6. The van der Waals surface area contributed by atoms with Gasteiger partial charge in [-0.25, -0.2) is 4.79 Å². The van der Waals surface area contributed by atoms with Crippen LogP contribution in [0.5, 0.6) is 0 Å². The van der Waals surface area contributed by atoms with Gasteiger partial charge in [-0.05, 0) is 24.5 Å². The molecular weight excluding hydrogens is 284 g/mol. The van der Waals surface area contributed by atoms with Crippen LogP contribution in [0.3, 0.4) is 0 Å². The summed E-state index contributed by atoms with van der Waals surface area (Å²) in [5.74, 6) is -1.41. The van der Waals surface area contributed by atoms with E-state index in [0.717, 1.165) is 12.0 Å². The van der Waals surface area contributed by atoms with Crippen molar-refractivity contribution < 1.29 is 19.1 Å². The molecule has 1 saturated heterocycles. The van der Waals surface area contributed by atoms with Crippen molar-refractivity contribution in [2.24, 2.45) is 11.7 Å². The zero-order chi connectivity index (χ0) is 15.7. The maximum atomic E-state index is 12.6. The molecule has 2 amide bonds. The molecule has 0 aliphatic carbocycles. The number of esters is 1. The van der Waals surface area contributed by atoms with Crippen LogP contribution in [-0.2, 0) is 20.7 Å². The molecule has 0 spiro atoms. The molecule has 22 heavy (non-hydrogen) atoms. The SMILES string of the molecule is NC(=O)[C@@H]1CCCN(C(=O)[C@@H]2Cc3ccccc3C(=O)O2)C1. The first kappa shape index (κ1) is 14.6. The number of carbonyl (C=O) groups is 3.